The molecule has 0 saturated carbocycles. The summed E-state index contributed by atoms with van der Waals surface area (Å²) in [5.74, 6) is 0.651. The molecule has 0 aliphatic heterocycles. The molecule has 0 aromatic carbocycles. The third-order valence-electron chi connectivity index (χ3n) is 2.19. The first-order valence-electron chi connectivity index (χ1n) is 6.53. The third kappa shape index (κ3) is 13.3. The Morgan fingerprint density at radius 3 is 2.29 bits per heavy atom. The van der Waals surface area contributed by atoms with E-state index in [2.05, 4.69) is 50.6 Å². The molecule has 0 atom stereocenters. The standard InChI is InChI=1S/C13H29N3O/c1-11(2)10-15-12(17)6-7-14-8-9-16-13(3,4)5/h11,14,16H,6-10H2,1-5H3,(H,15,17). The first-order chi connectivity index (χ1) is 7.81. The monoisotopic (exact) mass is 243 g/mol. The van der Waals surface area contributed by atoms with E-state index in [0.717, 1.165) is 26.2 Å². The van der Waals surface area contributed by atoms with Gasteiger partial charge in [-0.2, -0.15) is 0 Å². The summed E-state index contributed by atoms with van der Waals surface area (Å²) in [7, 11) is 0. The minimum absolute atomic E-state index is 0.134. The predicted octanol–water partition coefficient (Wildman–Crippen LogP) is 1.13. The van der Waals surface area contributed by atoms with E-state index in [-0.39, 0.29) is 11.4 Å². The highest BCUT2D eigenvalue weighted by atomic mass is 16.1. The van der Waals surface area contributed by atoms with Crippen LogP contribution < -0.4 is 16.0 Å². The number of nitrogens with one attached hydrogen (secondary N) is 3. The van der Waals surface area contributed by atoms with E-state index in [1.54, 1.807) is 0 Å². The van der Waals surface area contributed by atoms with E-state index in [1.165, 1.54) is 0 Å². The number of hydrogen-bond acceptors (Lipinski definition) is 3. The van der Waals surface area contributed by atoms with E-state index >= 15 is 0 Å². The summed E-state index contributed by atoms with van der Waals surface area (Å²) in [6.07, 6.45) is 0.558. The fourth-order valence-corrected chi connectivity index (χ4v) is 1.26. The lowest BCUT2D eigenvalue weighted by Gasteiger charge is -2.20. The average molecular weight is 243 g/mol. The van der Waals surface area contributed by atoms with E-state index in [4.69, 9.17) is 0 Å². The Kier molecular flexibility index (Phi) is 8.17. The van der Waals surface area contributed by atoms with Crippen LogP contribution >= 0.6 is 0 Å². The zero-order valence-corrected chi connectivity index (χ0v) is 12.0. The average Bonchev–Trinajstić information content (AvgIpc) is 2.18. The first-order valence-corrected chi connectivity index (χ1v) is 6.53. The summed E-state index contributed by atoms with van der Waals surface area (Å²) in [4.78, 5) is 11.4. The smallest absolute Gasteiger partial charge is 0.221 e. The molecule has 0 unspecified atom stereocenters. The molecular weight excluding hydrogens is 214 g/mol. The summed E-state index contributed by atoms with van der Waals surface area (Å²) in [6, 6.07) is 0. The molecule has 4 heteroatoms. The van der Waals surface area contributed by atoms with Gasteiger partial charge in [-0.1, -0.05) is 13.8 Å². The topological polar surface area (TPSA) is 53.2 Å². The van der Waals surface area contributed by atoms with Gasteiger partial charge in [0.1, 0.15) is 0 Å². The van der Waals surface area contributed by atoms with Gasteiger partial charge in [0.2, 0.25) is 5.91 Å². The van der Waals surface area contributed by atoms with Crippen LogP contribution in [0.5, 0.6) is 0 Å². The summed E-state index contributed by atoms with van der Waals surface area (Å²) in [5.41, 5.74) is 0.163. The first kappa shape index (κ1) is 16.4. The summed E-state index contributed by atoms with van der Waals surface area (Å²) < 4.78 is 0. The van der Waals surface area contributed by atoms with Crippen LogP contribution in [-0.4, -0.2) is 37.6 Å². The lowest BCUT2D eigenvalue weighted by Crippen LogP contribution is -2.40. The fraction of sp³-hybridized carbons (Fsp3) is 0.923. The Morgan fingerprint density at radius 2 is 1.76 bits per heavy atom. The van der Waals surface area contributed by atoms with E-state index in [0.29, 0.717) is 12.3 Å². The lowest BCUT2D eigenvalue weighted by molar-refractivity contribution is -0.121. The van der Waals surface area contributed by atoms with Crippen LogP contribution in [0.4, 0.5) is 0 Å². The molecule has 4 nitrogen and oxygen atoms in total. The second-order valence-corrected chi connectivity index (χ2v) is 5.87. The number of amides is 1. The SMILES string of the molecule is CC(C)CNC(=O)CCNCCNC(C)(C)C. The third-order valence-corrected chi connectivity index (χ3v) is 2.19. The molecule has 0 rings (SSSR count). The molecule has 1 amide bonds. The van der Waals surface area contributed by atoms with E-state index in [9.17, 15) is 4.79 Å². The van der Waals surface area contributed by atoms with Gasteiger partial charge in [0, 0.05) is 38.1 Å². The molecule has 0 heterocycles. The van der Waals surface area contributed by atoms with Crippen LogP contribution in [0.2, 0.25) is 0 Å². The maximum absolute atomic E-state index is 11.4. The van der Waals surface area contributed by atoms with Crippen LogP contribution in [0.15, 0.2) is 0 Å². The Hall–Kier alpha value is -0.610. The lowest BCUT2D eigenvalue weighted by atomic mass is 10.1. The highest BCUT2D eigenvalue weighted by molar-refractivity contribution is 5.76. The van der Waals surface area contributed by atoms with Crippen molar-refractivity contribution in [2.45, 2.75) is 46.6 Å². The van der Waals surface area contributed by atoms with Crippen molar-refractivity contribution in [3.05, 3.63) is 0 Å². The second kappa shape index (κ2) is 8.48. The zero-order valence-electron chi connectivity index (χ0n) is 12.0. The van der Waals surface area contributed by atoms with Crippen molar-refractivity contribution in [3.8, 4) is 0 Å². The van der Waals surface area contributed by atoms with Gasteiger partial charge in [0.25, 0.3) is 0 Å². The van der Waals surface area contributed by atoms with Gasteiger partial charge in [-0.15, -0.1) is 0 Å². The van der Waals surface area contributed by atoms with Gasteiger partial charge < -0.3 is 16.0 Å². The minimum atomic E-state index is 0.134. The van der Waals surface area contributed by atoms with Crippen molar-refractivity contribution in [2.75, 3.05) is 26.2 Å². The van der Waals surface area contributed by atoms with Crippen molar-refractivity contribution < 1.29 is 4.79 Å². The minimum Gasteiger partial charge on any atom is -0.356 e. The molecule has 0 radical (unpaired) electrons. The van der Waals surface area contributed by atoms with Crippen molar-refractivity contribution in [3.63, 3.8) is 0 Å². The molecule has 3 N–H and O–H groups in total. The van der Waals surface area contributed by atoms with Gasteiger partial charge in [0.05, 0.1) is 0 Å². The maximum atomic E-state index is 11.4. The highest BCUT2D eigenvalue weighted by Gasteiger charge is 2.07. The van der Waals surface area contributed by atoms with Crippen molar-refractivity contribution >= 4 is 5.91 Å². The second-order valence-electron chi connectivity index (χ2n) is 5.87. The Balaban J connectivity index is 3.31. The van der Waals surface area contributed by atoms with Gasteiger partial charge in [-0.05, 0) is 26.7 Å². The van der Waals surface area contributed by atoms with Crippen LogP contribution in [0.1, 0.15) is 41.0 Å². The van der Waals surface area contributed by atoms with Crippen LogP contribution in [0.25, 0.3) is 0 Å². The van der Waals surface area contributed by atoms with Gasteiger partial charge in [0.15, 0.2) is 0 Å². The fourth-order valence-electron chi connectivity index (χ4n) is 1.26. The molecule has 0 fully saturated rings. The summed E-state index contributed by atoms with van der Waals surface area (Å²) >= 11 is 0. The van der Waals surface area contributed by atoms with Crippen molar-refractivity contribution in [1.29, 1.82) is 0 Å². The maximum Gasteiger partial charge on any atom is 0.221 e. The molecule has 0 aromatic heterocycles. The van der Waals surface area contributed by atoms with Crippen molar-refractivity contribution in [1.82, 2.24) is 16.0 Å². The normalized spacial score (nSPS) is 11.9. The number of carbonyl (C=O) groups is 1. The van der Waals surface area contributed by atoms with Crippen LogP contribution in [-0.2, 0) is 4.79 Å². The molecule has 102 valence electrons. The Bertz CT molecular complexity index is 209. The molecule has 0 aliphatic carbocycles. The van der Waals surface area contributed by atoms with Crippen LogP contribution in [0, 0.1) is 5.92 Å². The molecular formula is C13H29N3O. The van der Waals surface area contributed by atoms with E-state index < -0.39 is 0 Å². The molecule has 0 spiro atoms. The molecule has 17 heavy (non-hydrogen) atoms. The number of hydrogen-bond donors (Lipinski definition) is 3. The molecule has 0 aliphatic rings. The Labute approximate surface area is 106 Å². The van der Waals surface area contributed by atoms with Crippen LogP contribution in [0.3, 0.4) is 0 Å². The quantitative estimate of drug-likeness (QED) is 0.560. The summed E-state index contributed by atoms with van der Waals surface area (Å²) in [5, 5.41) is 9.54. The molecule has 0 aromatic rings. The molecule has 0 saturated heterocycles. The number of carbonyl (C=O) groups excluding carboxylic acids is 1. The highest BCUT2D eigenvalue weighted by Crippen LogP contribution is 1.96. The van der Waals surface area contributed by atoms with Gasteiger partial charge >= 0.3 is 0 Å². The largest absolute Gasteiger partial charge is 0.356 e. The molecule has 0 bridgehead atoms. The Morgan fingerprint density at radius 1 is 1.12 bits per heavy atom. The van der Waals surface area contributed by atoms with Gasteiger partial charge in [-0.3, -0.25) is 4.79 Å². The van der Waals surface area contributed by atoms with E-state index in [1.807, 2.05) is 0 Å². The van der Waals surface area contributed by atoms with Crippen molar-refractivity contribution in [2.24, 2.45) is 5.92 Å². The van der Waals surface area contributed by atoms with Gasteiger partial charge in [-0.25, -0.2) is 0 Å². The zero-order chi connectivity index (χ0) is 13.3. The predicted molar refractivity (Wildman–Crippen MR) is 73.1 cm³/mol. The number of rotatable bonds is 8. The summed E-state index contributed by atoms with van der Waals surface area (Å²) in [6.45, 7) is 14.0.